The van der Waals surface area contributed by atoms with E-state index in [4.69, 9.17) is 0 Å². The van der Waals surface area contributed by atoms with Crippen molar-refractivity contribution in [1.29, 1.82) is 0 Å². The molecule has 0 aliphatic carbocycles. The van der Waals surface area contributed by atoms with Crippen LogP contribution in [0.25, 0.3) is 0 Å². The summed E-state index contributed by atoms with van der Waals surface area (Å²) in [7, 11) is 0. The van der Waals surface area contributed by atoms with Gasteiger partial charge in [-0.15, -0.1) is 0 Å². The van der Waals surface area contributed by atoms with Crippen LogP contribution in [0, 0.1) is 0 Å². The van der Waals surface area contributed by atoms with Gasteiger partial charge in [-0.2, -0.15) is 0 Å². The van der Waals surface area contributed by atoms with E-state index in [9.17, 15) is 0 Å². The standard InChI is InChI=1S/C21H30N2/c1-8-21-13-9-10-14-22(21)23(21)18-15-16(19(2,3)4)11-12-17(18)20(5,6)7/h9-15H,8H2,1-7H3. The molecule has 0 bridgehead atoms. The molecule has 1 unspecified atom stereocenters. The summed E-state index contributed by atoms with van der Waals surface area (Å²) in [5, 5.41) is 4.83. The number of benzene rings is 1. The summed E-state index contributed by atoms with van der Waals surface area (Å²) in [6.07, 6.45) is 9.89. The normalized spacial score (nSPS) is 23.3. The third-order valence-electron chi connectivity index (χ3n) is 5.06. The zero-order valence-corrected chi connectivity index (χ0v) is 15.6. The molecule has 0 amide bonds. The Hall–Kier alpha value is -1.70. The number of fused-ring (bicyclic) bond motifs is 1. The van der Waals surface area contributed by atoms with Gasteiger partial charge < -0.3 is 0 Å². The smallest absolute Gasteiger partial charge is 0.169 e. The summed E-state index contributed by atoms with van der Waals surface area (Å²) in [5.41, 5.74) is 4.47. The number of hydrazine groups is 1. The molecule has 2 aliphatic rings. The summed E-state index contributed by atoms with van der Waals surface area (Å²) in [5.74, 6) is 0. The monoisotopic (exact) mass is 310 g/mol. The topological polar surface area (TPSA) is 6.02 Å². The highest BCUT2D eigenvalue weighted by Gasteiger charge is 2.58. The van der Waals surface area contributed by atoms with Crippen LogP contribution in [0.2, 0.25) is 0 Å². The molecule has 1 aromatic carbocycles. The van der Waals surface area contributed by atoms with Gasteiger partial charge >= 0.3 is 0 Å². The Kier molecular flexibility index (Phi) is 3.44. The van der Waals surface area contributed by atoms with Gasteiger partial charge in [-0.3, -0.25) is 10.0 Å². The molecule has 3 rings (SSSR count). The van der Waals surface area contributed by atoms with Crippen molar-refractivity contribution in [3.05, 3.63) is 53.8 Å². The fourth-order valence-corrected chi connectivity index (χ4v) is 3.53. The van der Waals surface area contributed by atoms with E-state index < -0.39 is 0 Å². The molecular weight excluding hydrogens is 280 g/mol. The number of hydrogen-bond acceptors (Lipinski definition) is 2. The molecule has 0 saturated carbocycles. The van der Waals surface area contributed by atoms with Gasteiger partial charge in [0.1, 0.15) is 0 Å². The van der Waals surface area contributed by atoms with Crippen molar-refractivity contribution in [2.45, 2.75) is 71.4 Å². The Morgan fingerprint density at radius 3 is 2.17 bits per heavy atom. The SMILES string of the molecule is CCC12C=CC=CN1N2c1cc(C(C)(C)C)ccc1C(C)(C)C. The first-order chi connectivity index (χ1) is 10.6. The maximum atomic E-state index is 2.46. The van der Waals surface area contributed by atoms with Crippen LogP contribution < -0.4 is 5.01 Å². The third-order valence-corrected chi connectivity index (χ3v) is 5.06. The molecule has 1 aromatic rings. The molecule has 2 nitrogen and oxygen atoms in total. The molecule has 0 aromatic heterocycles. The van der Waals surface area contributed by atoms with E-state index in [1.54, 1.807) is 0 Å². The third kappa shape index (κ3) is 2.49. The Bertz CT molecular complexity index is 670. The van der Waals surface area contributed by atoms with Gasteiger partial charge in [0.25, 0.3) is 0 Å². The lowest BCUT2D eigenvalue weighted by atomic mass is 9.81. The van der Waals surface area contributed by atoms with Gasteiger partial charge in [0.15, 0.2) is 5.66 Å². The number of anilines is 1. The van der Waals surface area contributed by atoms with Crippen molar-refractivity contribution in [3.8, 4) is 0 Å². The van der Waals surface area contributed by atoms with Gasteiger partial charge in [-0.1, -0.05) is 66.7 Å². The lowest BCUT2D eigenvalue weighted by molar-refractivity contribution is 0.556. The lowest BCUT2D eigenvalue weighted by Gasteiger charge is -2.27. The van der Waals surface area contributed by atoms with Crippen molar-refractivity contribution in [2.24, 2.45) is 0 Å². The molecule has 0 spiro atoms. The lowest BCUT2D eigenvalue weighted by Crippen LogP contribution is -2.21. The first kappa shape index (κ1) is 16.2. The van der Waals surface area contributed by atoms with Gasteiger partial charge in [0.2, 0.25) is 0 Å². The average Bonchev–Trinajstić information content (AvgIpc) is 3.14. The zero-order chi connectivity index (χ0) is 17.0. The molecule has 1 saturated heterocycles. The zero-order valence-electron chi connectivity index (χ0n) is 15.6. The maximum absolute atomic E-state index is 2.46. The van der Waals surface area contributed by atoms with Crippen LogP contribution in [0.4, 0.5) is 5.69 Å². The van der Waals surface area contributed by atoms with Gasteiger partial charge in [0.05, 0.1) is 5.69 Å². The fraction of sp³-hybridized carbons (Fsp3) is 0.524. The quantitative estimate of drug-likeness (QED) is 0.664. The Morgan fingerprint density at radius 1 is 0.957 bits per heavy atom. The van der Waals surface area contributed by atoms with Crippen molar-refractivity contribution in [3.63, 3.8) is 0 Å². The number of allylic oxidation sites excluding steroid dienone is 2. The summed E-state index contributed by atoms with van der Waals surface area (Å²) in [4.78, 5) is 0. The van der Waals surface area contributed by atoms with Crippen molar-refractivity contribution >= 4 is 5.69 Å². The predicted molar refractivity (Wildman–Crippen MR) is 99.5 cm³/mol. The minimum Gasteiger partial charge on any atom is -0.259 e. The van der Waals surface area contributed by atoms with Crippen molar-refractivity contribution in [1.82, 2.24) is 5.01 Å². The Morgan fingerprint density at radius 2 is 1.65 bits per heavy atom. The van der Waals surface area contributed by atoms with Crippen molar-refractivity contribution in [2.75, 3.05) is 5.01 Å². The van der Waals surface area contributed by atoms with E-state index in [2.05, 4.69) is 101 Å². The summed E-state index contributed by atoms with van der Waals surface area (Å²) < 4.78 is 0. The molecule has 1 fully saturated rings. The van der Waals surface area contributed by atoms with Crippen LogP contribution in [-0.4, -0.2) is 10.7 Å². The predicted octanol–water partition coefficient (Wildman–Crippen LogP) is 5.51. The van der Waals surface area contributed by atoms with Crippen LogP contribution in [0.15, 0.2) is 42.6 Å². The fourth-order valence-electron chi connectivity index (χ4n) is 3.53. The molecule has 2 aliphatic heterocycles. The first-order valence-electron chi connectivity index (χ1n) is 8.72. The minimum atomic E-state index is 0.0330. The summed E-state index contributed by atoms with van der Waals surface area (Å²) in [6, 6.07) is 7.03. The molecule has 2 heterocycles. The van der Waals surface area contributed by atoms with Crippen molar-refractivity contribution < 1.29 is 0 Å². The van der Waals surface area contributed by atoms with Crippen LogP contribution >= 0.6 is 0 Å². The van der Waals surface area contributed by atoms with Gasteiger partial charge in [-0.05, 0) is 46.6 Å². The molecule has 23 heavy (non-hydrogen) atoms. The highest BCUT2D eigenvalue weighted by Crippen LogP contribution is 2.52. The van der Waals surface area contributed by atoms with Crippen LogP contribution in [-0.2, 0) is 10.8 Å². The summed E-state index contributed by atoms with van der Waals surface area (Å²) in [6.45, 7) is 16.0. The molecule has 1 atom stereocenters. The Labute approximate surface area is 141 Å². The first-order valence-corrected chi connectivity index (χ1v) is 8.72. The maximum Gasteiger partial charge on any atom is 0.169 e. The van der Waals surface area contributed by atoms with E-state index >= 15 is 0 Å². The van der Waals surface area contributed by atoms with Gasteiger partial charge in [-0.25, -0.2) is 0 Å². The van der Waals surface area contributed by atoms with E-state index in [0.29, 0.717) is 0 Å². The molecule has 124 valence electrons. The number of hydrogen-bond donors (Lipinski definition) is 0. The van der Waals surface area contributed by atoms with E-state index in [1.807, 2.05) is 0 Å². The van der Waals surface area contributed by atoms with E-state index in [0.717, 1.165) is 6.42 Å². The molecule has 0 radical (unpaired) electrons. The Balaban J connectivity index is 2.14. The summed E-state index contributed by atoms with van der Waals surface area (Å²) >= 11 is 0. The van der Waals surface area contributed by atoms with E-state index in [-0.39, 0.29) is 16.5 Å². The van der Waals surface area contributed by atoms with Gasteiger partial charge in [0, 0.05) is 6.20 Å². The highest BCUT2D eigenvalue weighted by molar-refractivity contribution is 5.66. The highest BCUT2D eigenvalue weighted by atomic mass is 15.9. The van der Waals surface area contributed by atoms with Crippen LogP contribution in [0.3, 0.4) is 0 Å². The second-order valence-corrected chi connectivity index (χ2v) is 8.82. The van der Waals surface area contributed by atoms with E-state index in [1.165, 1.54) is 16.8 Å². The largest absolute Gasteiger partial charge is 0.259 e. The minimum absolute atomic E-state index is 0.0330. The molecular formula is C21H30N2. The second-order valence-electron chi connectivity index (χ2n) is 8.82. The average molecular weight is 310 g/mol. The number of nitrogens with zero attached hydrogens (tertiary/aromatic N) is 2. The molecule has 2 heteroatoms. The van der Waals surface area contributed by atoms with Crippen LogP contribution in [0.1, 0.15) is 66.0 Å². The molecule has 0 N–H and O–H groups in total. The van der Waals surface area contributed by atoms with Crippen LogP contribution in [0.5, 0.6) is 0 Å². The second kappa shape index (κ2) is 4.90. The number of rotatable bonds is 2.